The molecule has 0 bridgehead atoms. The highest BCUT2D eigenvalue weighted by Crippen LogP contribution is 2.50. The van der Waals surface area contributed by atoms with E-state index >= 15 is 0 Å². The molecule has 24 heavy (non-hydrogen) atoms. The Morgan fingerprint density at radius 3 is 2.50 bits per heavy atom. The normalized spacial score (nSPS) is 15.3. The molecular formula is C19H22O4S. The summed E-state index contributed by atoms with van der Waals surface area (Å²) in [5, 5.41) is 10.5. The van der Waals surface area contributed by atoms with Crippen molar-refractivity contribution < 1.29 is 18.3 Å². The quantitative estimate of drug-likeness (QED) is 0.911. The zero-order valence-corrected chi connectivity index (χ0v) is 15.2. The van der Waals surface area contributed by atoms with E-state index in [1.165, 1.54) is 6.26 Å². The molecule has 0 saturated carbocycles. The lowest BCUT2D eigenvalue weighted by atomic mass is 9.85. The van der Waals surface area contributed by atoms with Crippen LogP contribution in [0.25, 0.3) is 11.1 Å². The number of rotatable bonds is 3. The van der Waals surface area contributed by atoms with Crippen LogP contribution in [-0.2, 0) is 21.9 Å². The summed E-state index contributed by atoms with van der Waals surface area (Å²) >= 11 is 0. The molecule has 2 aromatic carbocycles. The summed E-state index contributed by atoms with van der Waals surface area (Å²) in [6.45, 7) is 5.96. The highest BCUT2D eigenvalue weighted by atomic mass is 32.2. The Morgan fingerprint density at radius 1 is 1.17 bits per heavy atom. The first-order valence-electron chi connectivity index (χ1n) is 8.03. The van der Waals surface area contributed by atoms with Crippen LogP contribution >= 0.6 is 0 Å². The number of sulfone groups is 1. The molecule has 0 aromatic heterocycles. The molecule has 4 nitrogen and oxygen atoms in total. The number of benzene rings is 2. The van der Waals surface area contributed by atoms with E-state index in [2.05, 4.69) is 6.92 Å². The second kappa shape index (κ2) is 5.52. The maximum Gasteiger partial charge on any atom is 0.175 e. The molecule has 128 valence electrons. The van der Waals surface area contributed by atoms with E-state index < -0.39 is 15.4 Å². The van der Waals surface area contributed by atoms with Crippen LogP contribution in [0, 0.1) is 0 Å². The molecule has 0 spiro atoms. The summed E-state index contributed by atoms with van der Waals surface area (Å²) in [6.07, 6.45) is 3.00. The Balaban J connectivity index is 2.30. The van der Waals surface area contributed by atoms with Crippen molar-refractivity contribution in [2.45, 2.75) is 44.1 Å². The first-order valence-corrected chi connectivity index (χ1v) is 9.92. The van der Waals surface area contributed by atoms with Gasteiger partial charge in [-0.2, -0.15) is 0 Å². The van der Waals surface area contributed by atoms with Gasteiger partial charge in [0.25, 0.3) is 0 Å². The second-order valence-electron chi connectivity index (χ2n) is 6.83. The molecule has 1 aliphatic heterocycles. The van der Waals surface area contributed by atoms with Crippen molar-refractivity contribution >= 4 is 9.84 Å². The Hall–Kier alpha value is -2.01. The fraction of sp³-hybridized carbons (Fsp3) is 0.368. The van der Waals surface area contributed by atoms with Gasteiger partial charge in [0.05, 0.1) is 10.5 Å². The Morgan fingerprint density at radius 2 is 1.88 bits per heavy atom. The zero-order valence-electron chi connectivity index (χ0n) is 14.4. The smallest absolute Gasteiger partial charge is 0.175 e. The minimum Gasteiger partial charge on any atom is -0.507 e. The number of hydrogen-bond acceptors (Lipinski definition) is 4. The third kappa shape index (κ3) is 2.77. The summed E-state index contributed by atoms with van der Waals surface area (Å²) < 4.78 is 30.0. The molecule has 1 aliphatic rings. The number of fused-ring (bicyclic) bond motifs is 3. The van der Waals surface area contributed by atoms with E-state index in [-0.39, 0.29) is 10.6 Å². The van der Waals surface area contributed by atoms with Crippen LogP contribution in [0.3, 0.4) is 0 Å². The van der Waals surface area contributed by atoms with E-state index in [0.717, 1.165) is 24.0 Å². The van der Waals surface area contributed by atoms with Gasteiger partial charge >= 0.3 is 0 Å². The monoisotopic (exact) mass is 346 g/mol. The third-order valence-electron chi connectivity index (χ3n) is 4.38. The SMILES string of the molecule is CCCc1cc(O)c2c(c1)OC(C)(C)c1ccc(S(C)(=O)=O)cc1-2. The summed E-state index contributed by atoms with van der Waals surface area (Å²) in [5.41, 5.74) is 2.54. The van der Waals surface area contributed by atoms with Gasteiger partial charge in [0, 0.05) is 11.8 Å². The minimum absolute atomic E-state index is 0.123. The lowest BCUT2D eigenvalue weighted by Crippen LogP contribution is -2.29. The van der Waals surface area contributed by atoms with Crippen LogP contribution < -0.4 is 4.74 Å². The molecule has 3 rings (SSSR count). The topological polar surface area (TPSA) is 63.6 Å². The van der Waals surface area contributed by atoms with Gasteiger partial charge in [0.1, 0.15) is 17.1 Å². The van der Waals surface area contributed by atoms with Crippen molar-refractivity contribution in [2.75, 3.05) is 6.26 Å². The maximum absolute atomic E-state index is 11.9. The van der Waals surface area contributed by atoms with Crippen molar-refractivity contribution in [2.24, 2.45) is 0 Å². The van der Waals surface area contributed by atoms with Crippen LogP contribution in [0.15, 0.2) is 35.2 Å². The van der Waals surface area contributed by atoms with E-state index in [9.17, 15) is 13.5 Å². The molecule has 5 heteroatoms. The van der Waals surface area contributed by atoms with Gasteiger partial charge in [-0.15, -0.1) is 0 Å². The van der Waals surface area contributed by atoms with Gasteiger partial charge < -0.3 is 9.84 Å². The lowest BCUT2D eigenvalue weighted by Gasteiger charge is -2.35. The van der Waals surface area contributed by atoms with Gasteiger partial charge in [-0.05, 0) is 55.7 Å². The number of aromatic hydroxyl groups is 1. The lowest BCUT2D eigenvalue weighted by molar-refractivity contribution is 0.105. The number of aryl methyl sites for hydroxylation is 1. The van der Waals surface area contributed by atoms with E-state index in [4.69, 9.17) is 4.74 Å². The van der Waals surface area contributed by atoms with Gasteiger partial charge in [-0.25, -0.2) is 8.42 Å². The summed E-state index contributed by atoms with van der Waals surface area (Å²) in [5.74, 6) is 0.722. The fourth-order valence-corrected chi connectivity index (χ4v) is 3.90. The molecule has 0 saturated heterocycles. The van der Waals surface area contributed by atoms with Crippen molar-refractivity contribution in [3.8, 4) is 22.6 Å². The number of phenolic OH excluding ortho intramolecular Hbond substituents is 1. The van der Waals surface area contributed by atoms with Crippen LogP contribution in [0.5, 0.6) is 11.5 Å². The van der Waals surface area contributed by atoms with Crippen LogP contribution in [-0.4, -0.2) is 19.8 Å². The number of ether oxygens (including phenoxy) is 1. The molecule has 0 unspecified atom stereocenters. The summed E-state index contributed by atoms with van der Waals surface area (Å²) in [6, 6.07) is 8.67. The Bertz CT molecular complexity index is 911. The van der Waals surface area contributed by atoms with E-state index in [1.54, 1.807) is 24.3 Å². The third-order valence-corrected chi connectivity index (χ3v) is 5.49. The van der Waals surface area contributed by atoms with Gasteiger partial charge in [-0.3, -0.25) is 0 Å². The van der Waals surface area contributed by atoms with Crippen LogP contribution in [0.2, 0.25) is 0 Å². The van der Waals surface area contributed by atoms with E-state index in [0.29, 0.717) is 16.9 Å². The Kier molecular flexibility index (Phi) is 3.87. The molecule has 0 aliphatic carbocycles. The number of hydrogen-bond donors (Lipinski definition) is 1. The molecule has 0 radical (unpaired) electrons. The first kappa shape index (κ1) is 16.8. The predicted octanol–water partition coefficient (Wildman–Crippen LogP) is 4.04. The molecular weight excluding hydrogens is 324 g/mol. The summed E-state index contributed by atoms with van der Waals surface area (Å²) in [4.78, 5) is 0.238. The van der Waals surface area contributed by atoms with Crippen molar-refractivity contribution in [1.82, 2.24) is 0 Å². The van der Waals surface area contributed by atoms with Gasteiger partial charge in [0.2, 0.25) is 0 Å². The molecule has 0 atom stereocenters. The maximum atomic E-state index is 11.9. The number of phenols is 1. The van der Waals surface area contributed by atoms with Crippen LogP contribution in [0.1, 0.15) is 38.3 Å². The average molecular weight is 346 g/mol. The van der Waals surface area contributed by atoms with Crippen molar-refractivity contribution in [3.63, 3.8) is 0 Å². The van der Waals surface area contributed by atoms with Crippen molar-refractivity contribution in [3.05, 3.63) is 41.5 Å². The van der Waals surface area contributed by atoms with Crippen LogP contribution in [0.4, 0.5) is 0 Å². The first-order chi connectivity index (χ1) is 11.1. The van der Waals surface area contributed by atoms with E-state index in [1.807, 2.05) is 19.9 Å². The van der Waals surface area contributed by atoms with Gasteiger partial charge in [0.15, 0.2) is 9.84 Å². The van der Waals surface area contributed by atoms with Crippen molar-refractivity contribution in [1.29, 1.82) is 0 Å². The molecule has 0 fully saturated rings. The molecule has 1 heterocycles. The van der Waals surface area contributed by atoms with Gasteiger partial charge in [-0.1, -0.05) is 19.4 Å². The Labute approximate surface area is 143 Å². The second-order valence-corrected chi connectivity index (χ2v) is 8.85. The highest BCUT2D eigenvalue weighted by molar-refractivity contribution is 7.90. The standard InChI is InChI=1S/C19H22O4S/c1-5-6-12-9-16(20)18-14-11-13(24(4,21)22)7-8-15(14)19(2,3)23-17(18)10-12/h7-11,20H,5-6H2,1-4H3. The highest BCUT2D eigenvalue weighted by Gasteiger charge is 2.35. The summed E-state index contributed by atoms with van der Waals surface area (Å²) in [7, 11) is -3.33. The predicted molar refractivity (Wildman–Crippen MR) is 94.3 cm³/mol. The largest absolute Gasteiger partial charge is 0.507 e. The molecule has 1 N–H and O–H groups in total. The molecule has 0 amide bonds. The average Bonchev–Trinajstić information content (AvgIpc) is 2.45. The molecule has 2 aromatic rings. The minimum atomic E-state index is -3.33. The zero-order chi connectivity index (χ0) is 17.7. The fourth-order valence-electron chi connectivity index (χ4n) is 3.26.